The normalized spacial score (nSPS) is 9.77. The first-order valence-electron chi connectivity index (χ1n) is 12.8. The van der Waals surface area contributed by atoms with Gasteiger partial charge in [0.2, 0.25) is 0 Å². The minimum Gasteiger partial charge on any atom is -0.508 e. The fourth-order valence-corrected chi connectivity index (χ4v) is 3.23. The number of carboxylic acids is 1. The first-order chi connectivity index (χ1) is 18.6. The highest BCUT2D eigenvalue weighted by Crippen LogP contribution is 2.17. The molecule has 2 aromatic carbocycles. The summed E-state index contributed by atoms with van der Waals surface area (Å²) in [5, 5.41) is 46.2. The van der Waals surface area contributed by atoms with Crippen LogP contribution < -0.4 is 4.84 Å². The van der Waals surface area contributed by atoms with Crippen molar-refractivity contribution in [2.45, 2.75) is 84.0 Å². The number of phenolic OH excluding ortho intramolecular Hbond substituents is 1. The van der Waals surface area contributed by atoms with Crippen LogP contribution in [0.4, 0.5) is 11.4 Å². The van der Waals surface area contributed by atoms with Crippen LogP contribution in [-0.2, 0) is 4.79 Å². The van der Waals surface area contributed by atoms with E-state index in [1.807, 2.05) is 0 Å². The minimum atomic E-state index is -0.985. The molecule has 2 rings (SSSR count). The average Bonchev–Trinajstić information content (AvgIpc) is 2.88. The lowest BCUT2D eigenvalue weighted by atomic mass is 10.1. The number of benzene rings is 2. The van der Waals surface area contributed by atoms with Crippen LogP contribution in [0.2, 0.25) is 0 Å². The Morgan fingerprint density at radius 1 is 0.692 bits per heavy atom. The van der Waals surface area contributed by atoms with Crippen LogP contribution in [0.15, 0.2) is 48.5 Å². The Morgan fingerprint density at radius 2 is 1.08 bits per heavy atom. The number of nitro groups is 2. The Morgan fingerprint density at radius 3 is 1.44 bits per heavy atom. The molecule has 0 heterocycles. The molecule has 0 atom stereocenters. The van der Waals surface area contributed by atoms with Gasteiger partial charge in [-0.25, -0.2) is 0 Å². The zero-order chi connectivity index (χ0) is 29.5. The summed E-state index contributed by atoms with van der Waals surface area (Å²) in [5.41, 5.74) is -0.159. The number of nitro benzene ring substituents is 2. The van der Waals surface area contributed by atoms with Gasteiger partial charge in [-0.15, -0.1) is 10.1 Å². The summed E-state index contributed by atoms with van der Waals surface area (Å²) >= 11 is 0. The molecular weight excluding hydrogens is 514 g/mol. The summed E-state index contributed by atoms with van der Waals surface area (Å²) in [6.07, 6.45) is 14.4. The van der Waals surface area contributed by atoms with Gasteiger partial charge in [0.1, 0.15) is 11.5 Å². The minimum absolute atomic E-state index is 0.0159. The number of non-ortho nitro benzene ring substituents is 2. The number of unbranched alkanes of at least 4 members (excludes halogenated alkanes) is 10. The van der Waals surface area contributed by atoms with E-state index in [0.29, 0.717) is 6.42 Å². The van der Waals surface area contributed by atoms with Gasteiger partial charge in [0, 0.05) is 30.7 Å². The predicted octanol–water partition coefficient (Wildman–Crippen LogP) is 7.24. The van der Waals surface area contributed by atoms with E-state index in [0.717, 1.165) is 37.1 Å². The van der Waals surface area contributed by atoms with Crippen molar-refractivity contribution in [2.24, 2.45) is 0 Å². The highest BCUT2D eigenvalue weighted by Gasteiger charge is 2.05. The monoisotopic (exact) mass is 551 g/mol. The maximum atomic E-state index is 10.3. The Hall–Kier alpha value is -4.29. The zero-order valence-electron chi connectivity index (χ0n) is 22.1. The summed E-state index contributed by atoms with van der Waals surface area (Å²) in [7, 11) is 0. The molecule has 0 aromatic heterocycles. The molecule has 0 unspecified atom stereocenters. The third kappa shape index (κ3) is 20.5. The van der Waals surface area contributed by atoms with Crippen LogP contribution in [-0.4, -0.2) is 31.1 Å². The summed E-state index contributed by atoms with van der Waals surface area (Å²) < 4.78 is 0. The van der Waals surface area contributed by atoms with Gasteiger partial charge in [0.15, 0.2) is 0 Å². The third-order valence-corrected chi connectivity index (χ3v) is 5.28. The smallest absolute Gasteiger partial charge is 0.303 e. The van der Waals surface area contributed by atoms with Gasteiger partial charge in [-0.05, 0) is 30.7 Å². The second kappa shape index (κ2) is 21.8. The average molecular weight is 552 g/mol. The van der Waals surface area contributed by atoms with E-state index in [9.17, 15) is 35.1 Å². The fourth-order valence-electron chi connectivity index (χ4n) is 3.23. The molecule has 2 N–H and O–H groups in total. The van der Waals surface area contributed by atoms with Crippen LogP contribution in [0, 0.1) is 30.3 Å². The first-order valence-corrected chi connectivity index (χ1v) is 12.8. The number of aromatic hydroxyl groups is 1. The standard InChI is InChI=1S/C14H28O2.C6H4N2O5.C6H5NO3/c1-2-3-4-5-6-7-8-9-10-11-12-13-14(15)16;9-7(10)5-1-3-6(4-2-5)13-8(11)12;8-6-3-1-5(2-4-6)7(9)10/h2-13H2,1H3,(H,15,16);1-4H;1-4,8H. The molecule has 0 saturated carbocycles. The number of carboxylic acid groups (broad SMARTS) is 1. The van der Waals surface area contributed by atoms with Crippen molar-refractivity contribution in [3.05, 3.63) is 78.9 Å². The molecule has 0 aliphatic heterocycles. The molecule has 0 aliphatic rings. The van der Waals surface area contributed by atoms with Crippen LogP contribution in [0.25, 0.3) is 0 Å². The molecule has 0 radical (unpaired) electrons. The molecule has 39 heavy (non-hydrogen) atoms. The number of phenols is 1. The Kier molecular flexibility index (Phi) is 19.4. The molecule has 0 fully saturated rings. The Bertz CT molecular complexity index is 982. The van der Waals surface area contributed by atoms with Gasteiger partial charge >= 0.3 is 5.97 Å². The van der Waals surface area contributed by atoms with E-state index in [2.05, 4.69) is 11.8 Å². The fraction of sp³-hybridized carbons (Fsp3) is 0.500. The molecule has 0 aliphatic carbocycles. The van der Waals surface area contributed by atoms with E-state index in [1.54, 1.807) is 0 Å². The highest BCUT2D eigenvalue weighted by molar-refractivity contribution is 5.66. The van der Waals surface area contributed by atoms with Gasteiger partial charge in [0.25, 0.3) is 16.5 Å². The molecule has 0 amide bonds. The number of nitrogens with zero attached hydrogens (tertiary/aromatic N) is 3. The summed E-state index contributed by atoms with van der Waals surface area (Å²) in [6, 6.07) is 9.60. The van der Waals surface area contributed by atoms with E-state index >= 15 is 0 Å². The number of hydrogen-bond acceptors (Lipinski definition) is 9. The lowest BCUT2D eigenvalue weighted by Crippen LogP contribution is -2.03. The maximum absolute atomic E-state index is 10.3. The van der Waals surface area contributed by atoms with E-state index in [1.165, 1.54) is 82.1 Å². The third-order valence-electron chi connectivity index (χ3n) is 5.28. The van der Waals surface area contributed by atoms with Crippen molar-refractivity contribution in [3.8, 4) is 11.5 Å². The zero-order valence-corrected chi connectivity index (χ0v) is 22.1. The second-order valence-electron chi connectivity index (χ2n) is 8.52. The molecule has 13 nitrogen and oxygen atoms in total. The lowest BCUT2D eigenvalue weighted by molar-refractivity contribution is -0.711. The van der Waals surface area contributed by atoms with E-state index in [4.69, 9.17) is 10.2 Å². The van der Waals surface area contributed by atoms with Crippen molar-refractivity contribution < 1.29 is 34.8 Å². The van der Waals surface area contributed by atoms with Crippen molar-refractivity contribution in [1.82, 2.24) is 0 Å². The Labute approximate surface area is 226 Å². The topological polar surface area (TPSA) is 196 Å². The molecular formula is C26H37N3O10. The van der Waals surface area contributed by atoms with E-state index in [-0.39, 0.29) is 22.9 Å². The van der Waals surface area contributed by atoms with E-state index < -0.39 is 20.9 Å². The van der Waals surface area contributed by atoms with Crippen molar-refractivity contribution in [3.63, 3.8) is 0 Å². The van der Waals surface area contributed by atoms with Gasteiger partial charge in [-0.3, -0.25) is 29.9 Å². The molecule has 0 saturated heterocycles. The predicted molar refractivity (Wildman–Crippen MR) is 144 cm³/mol. The first kappa shape index (κ1) is 34.7. The maximum Gasteiger partial charge on any atom is 0.303 e. The van der Waals surface area contributed by atoms with Gasteiger partial charge in [-0.2, -0.15) is 0 Å². The van der Waals surface area contributed by atoms with Crippen molar-refractivity contribution in [2.75, 3.05) is 0 Å². The Balaban J connectivity index is 0.000000569. The number of rotatable bonds is 16. The van der Waals surface area contributed by atoms with Crippen LogP contribution in [0.3, 0.4) is 0 Å². The largest absolute Gasteiger partial charge is 0.508 e. The van der Waals surface area contributed by atoms with Gasteiger partial charge < -0.3 is 10.2 Å². The quantitative estimate of drug-likeness (QED) is 0.122. The molecule has 13 heteroatoms. The van der Waals surface area contributed by atoms with Crippen LogP contribution >= 0.6 is 0 Å². The second-order valence-corrected chi connectivity index (χ2v) is 8.52. The number of hydrogen-bond donors (Lipinski definition) is 2. The summed E-state index contributed by atoms with van der Waals surface area (Å²) in [5.74, 6) is -0.669. The lowest BCUT2D eigenvalue weighted by Gasteiger charge is -2.01. The van der Waals surface area contributed by atoms with Gasteiger partial charge in [-0.1, -0.05) is 71.1 Å². The highest BCUT2D eigenvalue weighted by atomic mass is 17.0. The van der Waals surface area contributed by atoms with Crippen molar-refractivity contribution in [1.29, 1.82) is 0 Å². The van der Waals surface area contributed by atoms with Crippen LogP contribution in [0.5, 0.6) is 11.5 Å². The molecule has 216 valence electrons. The van der Waals surface area contributed by atoms with Crippen molar-refractivity contribution >= 4 is 17.3 Å². The SMILES string of the molecule is CCCCCCCCCCCCCC(=O)O.O=[N+]([O-])Oc1ccc([N+](=O)[O-])cc1.O=[N+]([O-])c1ccc(O)cc1. The summed E-state index contributed by atoms with van der Waals surface area (Å²) in [4.78, 5) is 43.2. The molecule has 2 aromatic rings. The summed E-state index contributed by atoms with van der Waals surface area (Å²) in [6.45, 7) is 2.25. The number of aliphatic carboxylic acids is 1. The molecule has 0 spiro atoms. The van der Waals surface area contributed by atoms with Crippen LogP contribution in [0.1, 0.15) is 84.0 Å². The molecule has 0 bridgehead atoms. The number of carbonyl (C=O) groups is 1. The van der Waals surface area contributed by atoms with Gasteiger partial charge in [0.05, 0.1) is 9.85 Å².